The van der Waals surface area contributed by atoms with E-state index in [4.69, 9.17) is 25.7 Å². The molecule has 0 radical (unpaired) electrons. The molecule has 0 spiro atoms. The highest BCUT2D eigenvalue weighted by Crippen LogP contribution is 2.38. The summed E-state index contributed by atoms with van der Waals surface area (Å²) in [6, 6.07) is 33.7. The van der Waals surface area contributed by atoms with Gasteiger partial charge in [-0.25, -0.2) is 20.0 Å². The van der Waals surface area contributed by atoms with E-state index >= 15 is 0 Å². The van der Waals surface area contributed by atoms with E-state index in [2.05, 4.69) is 148 Å². The summed E-state index contributed by atoms with van der Waals surface area (Å²) in [5.74, 6) is 0. The first kappa shape index (κ1) is 31.3. The molecule has 5 heterocycles. The number of nitrogen functional groups attached to an aromatic ring is 1. The van der Waals surface area contributed by atoms with Crippen LogP contribution < -0.4 is 5.73 Å². The second kappa shape index (κ2) is 12.6. The second-order valence-electron chi connectivity index (χ2n) is 13.6. The molecule has 0 fully saturated rings. The third kappa shape index (κ3) is 5.62. The smallest absolute Gasteiger partial charge is 0.0738 e. The van der Waals surface area contributed by atoms with Gasteiger partial charge in [0, 0.05) is 28.0 Å². The van der Waals surface area contributed by atoms with E-state index in [1.54, 1.807) is 0 Å². The highest BCUT2D eigenvalue weighted by Gasteiger charge is 2.27. The third-order valence-corrected chi connectivity index (χ3v) is 9.81. The van der Waals surface area contributed by atoms with Gasteiger partial charge in [-0.15, -0.1) is 0 Å². The molecule has 5 aliphatic rings. The molecular formula is C47H35N5. The van der Waals surface area contributed by atoms with E-state index < -0.39 is 0 Å². The molecule has 5 aliphatic heterocycles. The zero-order valence-corrected chi connectivity index (χ0v) is 29.2. The summed E-state index contributed by atoms with van der Waals surface area (Å²) in [5, 5.41) is 0. The number of nitrogens with two attached hydrogens (primary N) is 1. The molecule has 5 nitrogen and oxygen atoms in total. The number of anilines is 1. The standard InChI is InChI=1S/C47H35N5/c1-28-7-13-31(14-8-28)44-36-19-21-38(49-36)45(32-15-9-29(2)10-16-32)40-23-25-42(51-40)47(34-5-4-6-35(48)27-34)43-26-24-41(52-43)46(39-22-20-37(44)50-39)33-17-11-30(3)12-18-33/h4-27H,48H2,1-3H3. The molecule has 0 aromatic heterocycles. The largest absolute Gasteiger partial charge is 0.399 e. The van der Waals surface area contributed by atoms with Crippen LogP contribution in [0.5, 0.6) is 0 Å². The number of aliphatic imine (C=N–C) groups is 4. The van der Waals surface area contributed by atoms with Crippen molar-refractivity contribution in [3.05, 3.63) is 207 Å². The van der Waals surface area contributed by atoms with Gasteiger partial charge in [-0.3, -0.25) is 0 Å². The van der Waals surface area contributed by atoms with Crippen molar-refractivity contribution in [1.29, 1.82) is 0 Å². The highest BCUT2D eigenvalue weighted by molar-refractivity contribution is 6.39. The van der Waals surface area contributed by atoms with Crippen molar-refractivity contribution >= 4 is 50.8 Å². The van der Waals surface area contributed by atoms with E-state index in [-0.39, 0.29) is 0 Å². The first-order valence-corrected chi connectivity index (χ1v) is 17.5. The Morgan fingerprint density at radius 3 is 0.962 bits per heavy atom. The van der Waals surface area contributed by atoms with Crippen LogP contribution in [-0.2, 0) is 0 Å². The van der Waals surface area contributed by atoms with Gasteiger partial charge in [0.25, 0.3) is 0 Å². The predicted molar refractivity (Wildman–Crippen MR) is 218 cm³/mol. The number of hydrogen-bond acceptors (Lipinski definition) is 5. The van der Waals surface area contributed by atoms with Crippen LogP contribution in [0.3, 0.4) is 0 Å². The first-order valence-electron chi connectivity index (χ1n) is 17.5. The molecule has 0 unspecified atom stereocenters. The summed E-state index contributed by atoms with van der Waals surface area (Å²) in [7, 11) is 0. The molecule has 8 bridgehead atoms. The minimum absolute atomic E-state index is 0.678. The fourth-order valence-electron chi connectivity index (χ4n) is 7.13. The number of aryl methyl sites for hydroxylation is 3. The Kier molecular flexibility index (Phi) is 7.55. The minimum Gasteiger partial charge on any atom is -0.399 e. The van der Waals surface area contributed by atoms with Gasteiger partial charge in [0.1, 0.15) is 0 Å². The first-order chi connectivity index (χ1) is 25.4. The lowest BCUT2D eigenvalue weighted by Crippen LogP contribution is -2.04. The molecule has 0 amide bonds. The zero-order chi connectivity index (χ0) is 35.3. The number of nitrogens with zero attached hydrogens (tertiary/aromatic N) is 4. The van der Waals surface area contributed by atoms with Gasteiger partial charge < -0.3 is 5.73 Å². The second-order valence-corrected chi connectivity index (χ2v) is 13.6. The minimum atomic E-state index is 0.678. The molecule has 0 saturated heterocycles. The average molecular weight is 670 g/mol. The van der Waals surface area contributed by atoms with Crippen molar-refractivity contribution in [2.24, 2.45) is 20.0 Å². The van der Waals surface area contributed by atoms with E-state index in [1.165, 1.54) is 16.7 Å². The van der Waals surface area contributed by atoms with Crippen LogP contribution in [0.25, 0.3) is 22.3 Å². The summed E-state index contributed by atoms with van der Waals surface area (Å²) in [6.07, 6.45) is 16.8. The summed E-state index contributed by atoms with van der Waals surface area (Å²) in [6.45, 7) is 6.31. The van der Waals surface area contributed by atoms with Crippen molar-refractivity contribution in [2.45, 2.75) is 20.8 Å². The number of rotatable bonds is 4. The molecule has 0 saturated carbocycles. The lowest BCUT2D eigenvalue weighted by Gasteiger charge is -2.13. The van der Waals surface area contributed by atoms with Crippen LogP contribution >= 0.6 is 0 Å². The number of benzene rings is 4. The van der Waals surface area contributed by atoms with Gasteiger partial charge in [-0.1, -0.05) is 102 Å². The van der Waals surface area contributed by atoms with Gasteiger partial charge >= 0.3 is 0 Å². The van der Waals surface area contributed by atoms with E-state index in [0.29, 0.717) is 5.69 Å². The van der Waals surface area contributed by atoms with Crippen LogP contribution in [0, 0.1) is 20.8 Å². The molecule has 248 valence electrons. The van der Waals surface area contributed by atoms with Crippen molar-refractivity contribution in [2.75, 3.05) is 5.73 Å². The van der Waals surface area contributed by atoms with Crippen LogP contribution in [0.2, 0.25) is 0 Å². The van der Waals surface area contributed by atoms with Crippen molar-refractivity contribution < 1.29 is 0 Å². The van der Waals surface area contributed by atoms with E-state index in [9.17, 15) is 0 Å². The highest BCUT2D eigenvalue weighted by atomic mass is 14.9. The Hall–Kier alpha value is -6.72. The Bertz CT molecular complexity index is 2540. The maximum absolute atomic E-state index is 6.36. The average Bonchev–Trinajstić information content (AvgIpc) is 3.98. The van der Waals surface area contributed by atoms with Crippen LogP contribution in [0.1, 0.15) is 38.9 Å². The predicted octanol–water partition coefficient (Wildman–Crippen LogP) is 10.2. The SMILES string of the molecule is Cc1ccc(C2=C3C=CC(=N3)C(c3ccc(C)cc3)=C3C=CC(=N3)C(c3cccc(N)c3)=C3C=CC(=N3)C(c3ccc(C)cc3)=C3C=CC2=N3)cc1. The molecule has 0 atom stereocenters. The van der Waals surface area contributed by atoms with Crippen LogP contribution in [0.4, 0.5) is 5.69 Å². The van der Waals surface area contributed by atoms with Gasteiger partial charge in [0.05, 0.1) is 45.6 Å². The van der Waals surface area contributed by atoms with Crippen LogP contribution in [-0.4, -0.2) is 22.8 Å². The van der Waals surface area contributed by atoms with E-state index in [1.807, 2.05) is 18.2 Å². The zero-order valence-electron chi connectivity index (χ0n) is 29.2. The number of fused-ring (bicyclic) bond motifs is 4. The molecule has 2 N–H and O–H groups in total. The third-order valence-electron chi connectivity index (χ3n) is 9.81. The lowest BCUT2D eigenvalue weighted by molar-refractivity contribution is 1.39. The Labute approximate surface area is 303 Å². The van der Waals surface area contributed by atoms with Gasteiger partial charge in [0.2, 0.25) is 0 Å². The molecule has 4 aromatic rings. The monoisotopic (exact) mass is 669 g/mol. The number of hydrogen-bond donors (Lipinski definition) is 1. The Balaban J connectivity index is 1.37. The quantitative estimate of drug-likeness (QED) is 0.216. The molecule has 52 heavy (non-hydrogen) atoms. The maximum Gasteiger partial charge on any atom is 0.0738 e. The Morgan fingerprint density at radius 1 is 0.346 bits per heavy atom. The van der Waals surface area contributed by atoms with Gasteiger partial charge in [-0.2, -0.15) is 0 Å². The van der Waals surface area contributed by atoms with Crippen LogP contribution in [0.15, 0.2) is 188 Å². The molecule has 4 aromatic carbocycles. The summed E-state index contributed by atoms with van der Waals surface area (Å²) in [4.78, 5) is 21.4. The summed E-state index contributed by atoms with van der Waals surface area (Å²) >= 11 is 0. The van der Waals surface area contributed by atoms with Gasteiger partial charge in [-0.05, 0) is 104 Å². The van der Waals surface area contributed by atoms with Gasteiger partial charge in [0.15, 0.2) is 0 Å². The maximum atomic E-state index is 6.36. The van der Waals surface area contributed by atoms with Crippen molar-refractivity contribution in [3.8, 4) is 0 Å². The number of allylic oxidation sites excluding steroid dienone is 12. The summed E-state index contributed by atoms with van der Waals surface area (Å²) < 4.78 is 0. The molecule has 9 rings (SSSR count). The fourth-order valence-corrected chi connectivity index (χ4v) is 7.13. The lowest BCUT2D eigenvalue weighted by atomic mass is 9.97. The topological polar surface area (TPSA) is 75.5 Å². The van der Waals surface area contributed by atoms with Crippen molar-refractivity contribution in [1.82, 2.24) is 0 Å². The Morgan fingerprint density at radius 2 is 0.654 bits per heavy atom. The summed E-state index contributed by atoms with van der Waals surface area (Å²) in [5.41, 5.74) is 25.2. The normalized spacial score (nSPS) is 17.4. The molecule has 0 aliphatic carbocycles. The van der Waals surface area contributed by atoms with Crippen molar-refractivity contribution in [3.63, 3.8) is 0 Å². The molecule has 5 heteroatoms. The molecular weight excluding hydrogens is 635 g/mol. The fraction of sp³-hybridized carbons (Fsp3) is 0.0638. The van der Waals surface area contributed by atoms with E-state index in [0.717, 1.165) is 90.2 Å².